The molecule has 0 amide bonds. The van der Waals surface area contributed by atoms with Crippen LogP contribution in [-0.4, -0.2) is 43.4 Å². The Balaban J connectivity index is 1.98. The number of ether oxygens (including phenoxy) is 3. The summed E-state index contributed by atoms with van der Waals surface area (Å²) < 4.78 is 16.9. The molecule has 37 heavy (non-hydrogen) atoms. The Hall–Kier alpha value is -3.97. The van der Waals surface area contributed by atoms with Crippen molar-refractivity contribution in [3.8, 4) is 11.5 Å². The van der Waals surface area contributed by atoms with Crippen LogP contribution in [0.5, 0.6) is 11.5 Å². The summed E-state index contributed by atoms with van der Waals surface area (Å²) in [6.07, 6.45) is -0.353. The highest BCUT2D eigenvalue weighted by atomic mass is 16.6. The van der Waals surface area contributed by atoms with Crippen LogP contribution in [0.1, 0.15) is 55.4 Å². The van der Waals surface area contributed by atoms with E-state index in [9.17, 15) is 14.4 Å². The van der Waals surface area contributed by atoms with Crippen LogP contribution in [0.3, 0.4) is 0 Å². The topological polar surface area (TPSA) is 82.1 Å². The molecular formula is C30H33NO6. The van der Waals surface area contributed by atoms with E-state index in [2.05, 4.69) is 0 Å². The number of hydrogen-bond donors (Lipinski definition) is 0. The summed E-state index contributed by atoms with van der Waals surface area (Å²) in [6, 6.07) is 23.8. The fraction of sp³-hybridized carbons (Fsp3) is 0.300. The van der Waals surface area contributed by atoms with Gasteiger partial charge in [0.2, 0.25) is 0 Å². The predicted octanol–water partition coefficient (Wildman–Crippen LogP) is 5.30. The first kappa shape index (κ1) is 27.6. The van der Waals surface area contributed by atoms with Crippen LogP contribution in [0.15, 0.2) is 78.9 Å². The van der Waals surface area contributed by atoms with Crippen molar-refractivity contribution in [1.82, 2.24) is 4.90 Å². The van der Waals surface area contributed by atoms with E-state index in [-0.39, 0.29) is 24.3 Å². The molecule has 0 radical (unpaired) electrons. The van der Waals surface area contributed by atoms with E-state index >= 15 is 0 Å². The summed E-state index contributed by atoms with van der Waals surface area (Å²) in [5.41, 5.74) is 2.25. The molecule has 0 fully saturated rings. The Kier molecular flexibility index (Phi) is 9.98. The molecule has 0 unspecified atom stereocenters. The first-order valence-electron chi connectivity index (χ1n) is 12.3. The minimum Gasteiger partial charge on any atom is -0.455 e. The number of rotatable bonds is 11. The van der Waals surface area contributed by atoms with Gasteiger partial charge in [0, 0.05) is 19.4 Å². The first-order chi connectivity index (χ1) is 17.8. The van der Waals surface area contributed by atoms with Gasteiger partial charge in [-0.05, 0) is 42.9 Å². The molecule has 0 aromatic heterocycles. The fourth-order valence-electron chi connectivity index (χ4n) is 3.78. The molecule has 3 aromatic carbocycles. The summed E-state index contributed by atoms with van der Waals surface area (Å²) in [7, 11) is 3.75. The van der Waals surface area contributed by atoms with Crippen LogP contribution in [0, 0.1) is 0 Å². The van der Waals surface area contributed by atoms with Crippen LogP contribution in [0.4, 0.5) is 0 Å². The molecule has 0 aliphatic rings. The SMILES string of the molecule is CCC(=O)Oc1ccc([C@H](CN(C)C)OC(=O)C(c2ccccc2)c2ccccc2)cc1OC(=O)CC. The second-order valence-electron chi connectivity index (χ2n) is 8.80. The number of carbonyl (C=O) groups excluding carboxylic acids is 3. The van der Waals surface area contributed by atoms with E-state index in [0.717, 1.165) is 11.1 Å². The zero-order valence-electron chi connectivity index (χ0n) is 21.7. The van der Waals surface area contributed by atoms with Gasteiger partial charge in [-0.25, -0.2) is 0 Å². The maximum Gasteiger partial charge on any atom is 0.318 e. The second kappa shape index (κ2) is 13.4. The number of nitrogens with zero attached hydrogens (tertiary/aromatic N) is 1. The van der Waals surface area contributed by atoms with Gasteiger partial charge in [-0.15, -0.1) is 0 Å². The van der Waals surface area contributed by atoms with Gasteiger partial charge in [-0.3, -0.25) is 14.4 Å². The normalized spacial score (nSPS) is 11.7. The average molecular weight is 504 g/mol. The summed E-state index contributed by atoms with van der Waals surface area (Å²) in [5.74, 6) is -1.70. The number of esters is 3. The minimum atomic E-state index is -0.674. The largest absolute Gasteiger partial charge is 0.455 e. The number of hydrogen-bond acceptors (Lipinski definition) is 7. The fourth-order valence-corrected chi connectivity index (χ4v) is 3.78. The van der Waals surface area contributed by atoms with Crippen LogP contribution in [0.2, 0.25) is 0 Å². The van der Waals surface area contributed by atoms with Gasteiger partial charge in [-0.2, -0.15) is 0 Å². The van der Waals surface area contributed by atoms with Crippen LogP contribution in [-0.2, 0) is 19.1 Å². The quantitative estimate of drug-likeness (QED) is 0.260. The highest BCUT2D eigenvalue weighted by Crippen LogP contribution is 2.34. The molecular weight excluding hydrogens is 470 g/mol. The van der Waals surface area contributed by atoms with Crippen LogP contribution in [0.25, 0.3) is 0 Å². The van der Waals surface area contributed by atoms with Crippen LogP contribution < -0.4 is 9.47 Å². The third-order valence-corrected chi connectivity index (χ3v) is 5.66. The van der Waals surface area contributed by atoms with Crippen molar-refractivity contribution in [2.24, 2.45) is 0 Å². The third-order valence-electron chi connectivity index (χ3n) is 5.66. The van der Waals surface area contributed by atoms with Gasteiger partial charge < -0.3 is 19.1 Å². The molecule has 7 nitrogen and oxygen atoms in total. The lowest BCUT2D eigenvalue weighted by molar-refractivity contribution is -0.151. The Bertz CT molecular complexity index is 1150. The summed E-state index contributed by atoms with van der Waals surface area (Å²) >= 11 is 0. The Labute approximate surface area is 218 Å². The van der Waals surface area contributed by atoms with Crippen molar-refractivity contribution in [3.63, 3.8) is 0 Å². The van der Waals surface area contributed by atoms with Gasteiger partial charge in [0.15, 0.2) is 11.5 Å². The molecule has 1 atom stereocenters. The maximum absolute atomic E-state index is 13.7. The smallest absolute Gasteiger partial charge is 0.318 e. The standard InChI is InChI=1S/C30H33NO6/c1-5-27(32)35-24-18-17-23(19-25(24)36-28(33)6-2)26(20-31(3)4)37-30(34)29(21-13-9-7-10-14-21)22-15-11-8-12-16-22/h7-19,26,29H,5-6,20H2,1-4H3/t26-/m0/s1. The zero-order chi connectivity index (χ0) is 26.8. The zero-order valence-corrected chi connectivity index (χ0v) is 21.7. The van der Waals surface area contributed by atoms with E-state index in [4.69, 9.17) is 14.2 Å². The van der Waals surface area contributed by atoms with Crippen molar-refractivity contribution in [1.29, 1.82) is 0 Å². The van der Waals surface area contributed by atoms with Gasteiger partial charge >= 0.3 is 17.9 Å². The Morgan fingerprint density at radius 3 is 1.70 bits per heavy atom. The summed E-state index contributed by atoms with van der Waals surface area (Å²) in [6.45, 7) is 3.74. The van der Waals surface area contributed by atoms with Gasteiger partial charge in [-0.1, -0.05) is 80.6 Å². The first-order valence-corrected chi connectivity index (χ1v) is 12.3. The highest BCUT2D eigenvalue weighted by Gasteiger charge is 2.28. The molecule has 194 valence electrons. The lowest BCUT2D eigenvalue weighted by Gasteiger charge is -2.25. The highest BCUT2D eigenvalue weighted by molar-refractivity contribution is 5.82. The Morgan fingerprint density at radius 2 is 1.22 bits per heavy atom. The molecule has 0 saturated heterocycles. The second-order valence-corrected chi connectivity index (χ2v) is 8.80. The summed E-state index contributed by atoms with van der Waals surface area (Å²) in [4.78, 5) is 39.6. The van der Waals surface area contributed by atoms with Crippen molar-refractivity contribution in [2.75, 3.05) is 20.6 Å². The average Bonchev–Trinajstić information content (AvgIpc) is 2.90. The molecule has 0 saturated carbocycles. The molecule has 0 bridgehead atoms. The van der Waals surface area contributed by atoms with Gasteiger partial charge in [0.1, 0.15) is 12.0 Å². The molecule has 0 heterocycles. The number of benzene rings is 3. The van der Waals surface area contributed by atoms with E-state index in [0.29, 0.717) is 12.1 Å². The van der Waals surface area contributed by atoms with Crippen molar-refractivity contribution in [2.45, 2.75) is 38.7 Å². The molecule has 0 N–H and O–H groups in total. The minimum absolute atomic E-state index is 0.105. The van der Waals surface area contributed by atoms with Gasteiger partial charge in [0.05, 0.1) is 0 Å². The molecule has 0 aliphatic carbocycles. The van der Waals surface area contributed by atoms with E-state index in [1.165, 1.54) is 0 Å². The third kappa shape index (κ3) is 7.75. The van der Waals surface area contributed by atoms with E-state index < -0.39 is 29.9 Å². The molecule has 3 rings (SSSR count). The van der Waals surface area contributed by atoms with E-state index in [1.54, 1.807) is 32.0 Å². The van der Waals surface area contributed by atoms with E-state index in [1.807, 2.05) is 79.7 Å². The van der Waals surface area contributed by atoms with Crippen molar-refractivity contribution >= 4 is 17.9 Å². The molecule has 7 heteroatoms. The Morgan fingerprint density at radius 1 is 0.703 bits per heavy atom. The van der Waals surface area contributed by atoms with Gasteiger partial charge in [0.25, 0.3) is 0 Å². The lowest BCUT2D eigenvalue weighted by Crippen LogP contribution is -2.27. The predicted molar refractivity (Wildman–Crippen MR) is 140 cm³/mol. The summed E-state index contributed by atoms with van der Waals surface area (Å²) in [5, 5.41) is 0. The van der Waals surface area contributed by atoms with Crippen molar-refractivity contribution in [3.05, 3.63) is 95.6 Å². The number of carbonyl (C=O) groups is 3. The number of likely N-dealkylation sites (N-methyl/N-ethyl adjacent to an activating group) is 1. The maximum atomic E-state index is 13.7. The van der Waals surface area contributed by atoms with Crippen molar-refractivity contribution < 1.29 is 28.6 Å². The molecule has 3 aromatic rings. The lowest BCUT2D eigenvalue weighted by atomic mass is 9.91. The monoisotopic (exact) mass is 503 g/mol. The molecule has 0 spiro atoms. The molecule has 0 aliphatic heterocycles. The van der Waals surface area contributed by atoms with Crippen LogP contribution >= 0.6 is 0 Å².